The van der Waals surface area contributed by atoms with Crippen molar-refractivity contribution in [3.63, 3.8) is 0 Å². The van der Waals surface area contributed by atoms with Crippen molar-refractivity contribution in [2.45, 2.75) is 44.7 Å². The van der Waals surface area contributed by atoms with Crippen LogP contribution in [0.25, 0.3) is 15.9 Å². The minimum atomic E-state index is 0.0547. The summed E-state index contributed by atoms with van der Waals surface area (Å²) in [5.74, 6) is 0.685. The van der Waals surface area contributed by atoms with Crippen LogP contribution in [0.15, 0.2) is 45.3 Å². The molecule has 4 rings (SSSR count). The topological polar surface area (TPSA) is 34.9 Å². The number of hydrogen-bond donors (Lipinski definition) is 0. The number of rotatable bonds is 4. The second kappa shape index (κ2) is 7.82. The van der Waals surface area contributed by atoms with Gasteiger partial charge in [-0.15, -0.1) is 11.3 Å². The molecule has 0 bridgehead atoms. The zero-order valence-corrected chi connectivity index (χ0v) is 17.8. The molecule has 3 aromatic rings. The summed E-state index contributed by atoms with van der Waals surface area (Å²) in [5, 5.41) is 2.30. The van der Waals surface area contributed by atoms with Gasteiger partial charge in [0.1, 0.15) is 4.83 Å². The fourth-order valence-electron chi connectivity index (χ4n) is 3.51. The summed E-state index contributed by atoms with van der Waals surface area (Å²) >= 11 is 9.22. The number of halogens is 1. The third kappa shape index (κ3) is 3.73. The van der Waals surface area contributed by atoms with Crippen molar-refractivity contribution in [1.29, 1.82) is 0 Å². The van der Waals surface area contributed by atoms with Crippen molar-refractivity contribution in [2.75, 3.05) is 5.75 Å². The largest absolute Gasteiger partial charge is 0.268 e. The monoisotopic (exact) mass is 416 g/mol. The first kappa shape index (κ1) is 18.8. The summed E-state index contributed by atoms with van der Waals surface area (Å²) in [5.41, 5.74) is 3.28. The standard InChI is InChI=1S/C21H21ClN2OS2/c1-13-6-5-7-15(12-13)24-20(25)18-16-8-3-4-9-17(16)27-19(18)23-21(24)26-11-10-14(2)22/h5-7,10,12H,3-4,8-9,11H2,1-2H3/b14-10-. The van der Waals surface area contributed by atoms with E-state index >= 15 is 0 Å². The maximum absolute atomic E-state index is 13.6. The average molecular weight is 417 g/mol. The smallest absolute Gasteiger partial charge is 0.267 e. The third-order valence-corrected chi connectivity index (χ3v) is 7.00. The fraction of sp³-hybridized carbons (Fsp3) is 0.333. The lowest BCUT2D eigenvalue weighted by atomic mass is 9.97. The van der Waals surface area contributed by atoms with E-state index in [-0.39, 0.29) is 5.56 Å². The van der Waals surface area contributed by atoms with Gasteiger partial charge in [-0.2, -0.15) is 0 Å². The Bertz CT molecular complexity index is 1090. The highest BCUT2D eigenvalue weighted by Crippen LogP contribution is 2.35. The number of thiophene rings is 1. The Morgan fingerprint density at radius 1 is 1.37 bits per heavy atom. The van der Waals surface area contributed by atoms with E-state index in [4.69, 9.17) is 16.6 Å². The summed E-state index contributed by atoms with van der Waals surface area (Å²) in [6.45, 7) is 3.90. The van der Waals surface area contributed by atoms with E-state index in [0.29, 0.717) is 5.75 Å². The van der Waals surface area contributed by atoms with E-state index in [2.05, 4.69) is 0 Å². The molecule has 0 saturated heterocycles. The van der Waals surface area contributed by atoms with Crippen LogP contribution in [-0.4, -0.2) is 15.3 Å². The van der Waals surface area contributed by atoms with E-state index < -0.39 is 0 Å². The van der Waals surface area contributed by atoms with Gasteiger partial charge in [0.25, 0.3) is 5.56 Å². The molecule has 0 saturated carbocycles. The van der Waals surface area contributed by atoms with Gasteiger partial charge in [0.15, 0.2) is 5.16 Å². The lowest BCUT2D eigenvalue weighted by Gasteiger charge is -2.13. The summed E-state index contributed by atoms with van der Waals surface area (Å²) in [6, 6.07) is 8.05. The van der Waals surface area contributed by atoms with Gasteiger partial charge in [-0.1, -0.05) is 41.6 Å². The molecule has 27 heavy (non-hydrogen) atoms. The predicted molar refractivity (Wildman–Crippen MR) is 117 cm³/mol. The lowest BCUT2D eigenvalue weighted by Crippen LogP contribution is -2.22. The molecule has 1 aliphatic carbocycles. The van der Waals surface area contributed by atoms with Crippen LogP contribution in [0.5, 0.6) is 0 Å². The quantitative estimate of drug-likeness (QED) is 0.394. The van der Waals surface area contributed by atoms with Crippen LogP contribution in [0.3, 0.4) is 0 Å². The second-order valence-electron chi connectivity index (χ2n) is 6.87. The molecule has 2 aromatic heterocycles. The Labute approximate surface area is 172 Å². The van der Waals surface area contributed by atoms with Gasteiger partial charge < -0.3 is 0 Å². The number of aromatic nitrogens is 2. The zero-order chi connectivity index (χ0) is 19.0. The summed E-state index contributed by atoms with van der Waals surface area (Å²) in [6.07, 6.45) is 6.35. The first-order chi connectivity index (χ1) is 13.0. The first-order valence-corrected chi connectivity index (χ1v) is 11.3. The molecule has 6 heteroatoms. The Kier molecular flexibility index (Phi) is 5.44. The van der Waals surface area contributed by atoms with E-state index in [1.165, 1.54) is 16.9 Å². The van der Waals surface area contributed by atoms with Gasteiger partial charge in [0, 0.05) is 15.7 Å². The van der Waals surface area contributed by atoms with Crippen molar-refractivity contribution >= 4 is 44.9 Å². The Morgan fingerprint density at radius 2 is 2.19 bits per heavy atom. The van der Waals surface area contributed by atoms with Gasteiger partial charge in [-0.3, -0.25) is 9.36 Å². The van der Waals surface area contributed by atoms with Crippen LogP contribution in [0.2, 0.25) is 0 Å². The number of hydrogen-bond acceptors (Lipinski definition) is 4. The van der Waals surface area contributed by atoms with E-state index in [0.717, 1.165) is 50.9 Å². The molecular weight excluding hydrogens is 396 g/mol. The molecule has 140 valence electrons. The minimum absolute atomic E-state index is 0.0547. The van der Waals surface area contributed by atoms with Crippen LogP contribution in [0.1, 0.15) is 35.8 Å². The molecule has 2 heterocycles. The third-order valence-electron chi connectivity index (χ3n) is 4.80. The molecule has 0 unspecified atom stereocenters. The summed E-state index contributed by atoms with van der Waals surface area (Å²) in [4.78, 5) is 20.7. The highest BCUT2D eigenvalue weighted by molar-refractivity contribution is 7.99. The van der Waals surface area contributed by atoms with E-state index in [1.54, 1.807) is 27.7 Å². The van der Waals surface area contributed by atoms with E-state index in [9.17, 15) is 4.79 Å². The molecule has 1 aliphatic rings. The van der Waals surface area contributed by atoms with Crippen LogP contribution >= 0.6 is 34.7 Å². The van der Waals surface area contributed by atoms with Crippen LogP contribution < -0.4 is 5.56 Å². The van der Waals surface area contributed by atoms with Crippen LogP contribution in [0, 0.1) is 6.92 Å². The van der Waals surface area contributed by atoms with Gasteiger partial charge in [-0.05, 0) is 62.8 Å². The SMILES string of the molecule is C/C(Cl)=C/CSc1nc2sc3c(c2c(=O)n1-c1cccc(C)c1)CCCC3. The molecule has 0 atom stereocenters. The molecule has 3 nitrogen and oxygen atoms in total. The molecule has 0 radical (unpaired) electrons. The summed E-state index contributed by atoms with van der Waals surface area (Å²) in [7, 11) is 0. The van der Waals surface area contributed by atoms with Gasteiger partial charge in [-0.25, -0.2) is 4.98 Å². The van der Waals surface area contributed by atoms with Crippen molar-refractivity contribution in [3.05, 3.63) is 61.7 Å². The molecule has 0 amide bonds. The first-order valence-electron chi connectivity index (χ1n) is 9.14. The van der Waals surface area contributed by atoms with Crippen LogP contribution in [-0.2, 0) is 12.8 Å². The van der Waals surface area contributed by atoms with Crippen LogP contribution in [0.4, 0.5) is 0 Å². The molecule has 0 aliphatic heterocycles. The number of nitrogens with zero attached hydrogens (tertiary/aromatic N) is 2. The van der Waals surface area contributed by atoms with Crippen molar-refractivity contribution in [2.24, 2.45) is 0 Å². The Morgan fingerprint density at radius 3 is 2.96 bits per heavy atom. The maximum Gasteiger partial charge on any atom is 0.267 e. The van der Waals surface area contributed by atoms with Gasteiger partial charge in [0.2, 0.25) is 0 Å². The molecule has 1 aromatic carbocycles. The highest BCUT2D eigenvalue weighted by atomic mass is 35.5. The molecular formula is C21H21ClN2OS2. The van der Waals surface area contributed by atoms with Crippen molar-refractivity contribution in [1.82, 2.24) is 9.55 Å². The molecule has 0 N–H and O–H groups in total. The molecule has 0 fully saturated rings. The number of benzene rings is 1. The van der Waals surface area contributed by atoms with Gasteiger partial charge in [0.05, 0.1) is 11.1 Å². The minimum Gasteiger partial charge on any atom is -0.268 e. The Hall–Kier alpha value is -1.56. The van der Waals surface area contributed by atoms with Gasteiger partial charge >= 0.3 is 0 Å². The number of thioether (sulfide) groups is 1. The zero-order valence-electron chi connectivity index (χ0n) is 15.4. The predicted octanol–water partition coefficient (Wildman–Crippen LogP) is 5.87. The van der Waals surface area contributed by atoms with Crippen molar-refractivity contribution < 1.29 is 0 Å². The average Bonchev–Trinajstić information content (AvgIpc) is 3.00. The number of fused-ring (bicyclic) bond motifs is 3. The summed E-state index contributed by atoms with van der Waals surface area (Å²) < 4.78 is 1.78. The number of allylic oxidation sites excluding steroid dienone is 1. The van der Waals surface area contributed by atoms with Crippen molar-refractivity contribution in [3.8, 4) is 5.69 Å². The Balaban J connectivity index is 1.94. The highest BCUT2D eigenvalue weighted by Gasteiger charge is 2.22. The maximum atomic E-state index is 13.6. The normalized spacial score (nSPS) is 14.6. The number of aryl methyl sites for hydroxylation is 3. The second-order valence-corrected chi connectivity index (χ2v) is 9.53. The van der Waals surface area contributed by atoms with E-state index in [1.807, 2.05) is 44.2 Å². The molecule has 0 spiro atoms. The fourth-order valence-corrected chi connectivity index (χ4v) is 5.94. The lowest BCUT2D eigenvalue weighted by molar-refractivity contribution is 0.699.